The molecule has 0 saturated carbocycles. The minimum atomic E-state index is -0.121. The van der Waals surface area contributed by atoms with E-state index in [2.05, 4.69) is 38.1 Å². The van der Waals surface area contributed by atoms with Gasteiger partial charge in [-0.1, -0.05) is 24.3 Å². The van der Waals surface area contributed by atoms with Crippen LogP contribution in [0.4, 0.5) is 5.69 Å². The number of aromatic nitrogens is 3. The molecule has 0 saturated heterocycles. The lowest BCUT2D eigenvalue weighted by atomic mass is 10.1. The Bertz CT molecular complexity index is 844. The Hall–Kier alpha value is -2.22. The SMILES string of the molecule is CCn1cnnc1-c1cccc(NC(=O)c2ccccc2I)c1. The molecule has 3 rings (SSSR count). The van der Waals surface area contributed by atoms with Gasteiger partial charge in [0, 0.05) is 21.4 Å². The molecule has 0 bridgehead atoms. The van der Waals surface area contributed by atoms with Gasteiger partial charge in [0.25, 0.3) is 5.91 Å². The number of halogens is 1. The number of hydrogen-bond donors (Lipinski definition) is 1. The van der Waals surface area contributed by atoms with Gasteiger partial charge in [0.15, 0.2) is 5.82 Å². The number of carbonyl (C=O) groups is 1. The van der Waals surface area contributed by atoms with Gasteiger partial charge in [-0.3, -0.25) is 4.79 Å². The minimum Gasteiger partial charge on any atom is -0.322 e. The molecule has 2 aromatic carbocycles. The number of nitrogens with one attached hydrogen (secondary N) is 1. The van der Waals surface area contributed by atoms with E-state index in [4.69, 9.17) is 0 Å². The maximum atomic E-state index is 12.4. The van der Waals surface area contributed by atoms with Crippen molar-refractivity contribution in [2.45, 2.75) is 13.5 Å². The number of amides is 1. The van der Waals surface area contributed by atoms with Crippen LogP contribution in [0.1, 0.15) is 17.3 Å². The summed E-state index contributed by atoms with van der Waals surface area (Å²) in [5.41, 5.74) is 2.32. The molecule has 1 heterocycles. The van der Waals surface area contributed by atoms with Crippen molar-refractivity contribution in [3.8, 4) is 11.4 Å². The summed E-state index contributed by atoms with van der Waals surface area (Å²) in [6, 6.07) is 15.1. The van der Waals surface area contributed by atoms with Crippen LogP contribution in [0.15, 0.2) is 54.9 Å². The van der Waals surface area contributed by atoms with E-state index in [0.717, 1.165) is 27.2 Å². The van der Waals surface area contributed by atoms with Gasteiger partial charge in [-0.05, 0) is 53.8 Å². The average molecular weight is 418 g/mol. The van der Waals surface area contributed by atoms with Gasteiger partial charge in [0.05, 0.1) is 5.56 Å². The third kappa shape index (κ3) is 3.42. The quantitative estimate of drug-likeness (QED) is 0.656. The van der Waals surface area contributed by atoms with E-state index in [1.807, 2.05) is 60.0 Å². The molecule has 0 unspecified atom stereocenters. The molecule has 6 heteroatoms. The molecule has 0 spiro atoms. The lowest BCUT2D eigenvalue weighted by Crippen LogP contribution is -2.13. The normalized spacial score (nSPS) is 10.5. The van der Waals surface area contributed by atoms with E-state index in [1.54, 1.807) is 6.33 Å². The number of hydrogen-bond acceptors (Lipinski definition) is 3. The molecular formula is C17H15IN4O. The molecule has 23 heavy (non-hydrogen) atoms. The predicted molar refractivity (Wildman–Crippen MR) is 98.2 cm³/mol. The van der Waals surface area contributed by atoms with E-state index < -0.39 is 0 Å². The summed E-state index contributed by atoms with van der Waals surface area (Å²) in [6.45, 7) is 2.83. The molecule has 0 aliphatic heterocycles. The third-order valence-corrected chi connectivity index (χ3v) is 4.39. The first-order chi connectivity index (χ1) is 11.2. The van der Waals surface area contributed by atoms with Crippen molar-refractivity contribution in [2.75, 3.05) is 5.32 Å². The smallest absolute Gasteiger partial charge is 0.256 e. The van der Waals surface area contributed by atoms with E-state index in [1.165, 1.54) is 0 Å². The van der Waals surface area contributed by atoms with Crippen LogP contribution in [-0.4, -0.2) is 20.7 Å². The first-order valence-corrected chi connectivity index (χ1v) is 8.31. The standard InChI is InChI=1S/C17H15IN4O/c1-2-22-11-19-21-16(22)12-6-5-7-13(10-12)20-17(23)14-8-3-4-9-15(14)18/h3-11H,2H2,1H3,(H,20,23). The number of benzene rings is 2. The Morgan fingerprint density at radius 1 is 1.22 bits per heavy atom. The topological polar surface area (TPSA) is 59.8 Å². The van der Waals surface area contributed by atoms with Crippen LogP contribution in [0.25, 0.3) is 11.4 Å². The maximum absolute atomic E-state index is 12.4. The van der Waals surface area contributed by atoms with Crippen LogP contribution in [0.5, 0.6) is 0 Å². The van der Waals surface area contributed by atoms with Crippen LogP contribution >= 0.6 is 22.6 Å². The molecule has 1 N–H and O–H groups in total. The van der Waals surface area contributed by atoms with Crippen LogP contribution in [0.3, 0.4) is 0 Å². The van der Waals surface area contributed by atoms with Gasteiger partial charge in [0.2, 0.25) is 0 Å². The fourth-order valence-electron chi connectivity index (χ4n) is 2.29. The molecular weight excluding hydrogens is 403 g/mol. The molecule has 0 aliphatic carbocycles. The summed E-state index contributed by atoms with van der Waals surface area (Å²) < 4.78 is 2.88. The summed E-state index contributed by atoms with van der Waals surface area (Å²) in [5.74, 6) is 0.669. The zero-order chi connectivity index (χ0) is 16.2. The van der Waals surface area contributed by atoms with Gasteiger partial charge in [-0.2, -0.15) is 0 Å². The first kappa shape index (κ1) is 15.7. The number of rotatable bonds is 4. The zero-order valence-corrected chi connectivity index (χ0v) is 14.7. The van der Waals surface area contributed by atoms with Crippen LogP contribution in [0, 0.1) is 3.57 Å². The molecule has 0 fully saturated rings. The van der Waals surface area contributed by atoms with Gasteiger partial charge in [-0.15, -0.1) is 10.2 Å². The molecule has 1 aromatic heterocycles. The zero-order valence-electron chi connectivity index (χ0n) is 12.5. The van der Waals surface area contributed by atoms with Gasteiger partial charge in [0.1, 0.15) is 6.33 Å². The summed E-state index contributed by atoms with van der Waals surface area (Å²) in [4.78, 5) is 12.4. The summed E-state index contributed by atoms with van der Waals surface area (Å²) in [5, 5.41) is 11.0. The van der Waals surface area contributed by atoms with E-state index in [0.29, 0.717) is 5.56 Å². The Kier molecular flexibility index (Phi) is 4.71. The molecule has 0 radical (unpaired) electrons. The Morgan fingerprint density at radius 3 is 2.83 bits per heavy atom. The number of carbonyl (C=O) groups excluding carboxylic acids is 1. The Balaban J connectivity index is 1.86. The molecule has 116 valence electrons. The fourth-order valence-corrected chi connectivity index (χ4v) is 2.92. The van der Waals surface area contributed by atoms with Crippen molar-refractivity contribution in [1.82, 2.24) is 14.8 Å². The highest BCUT2D eigenvalue weighted by Crippen LogP contribution is 2.21. The monoisotopic (exact) mass is 418 g/mol. The van der Waals surface area contributed by atoms with Gasteiger partial charge in [-0.25, -0.2) is 0 Å². The van der Waals surface area contributed by atoms with Gasteiger partial charge < -0.3 is 9.88 Å². The van der Waals surface area contributed by atoms with Gasteiger partial charge >= 0.3 is 0 Å². The molecule has 1 amide bonds. The second-order valence-electron chi connectivity index (χ2n) is 4.96. The summed E-state index contributed by atoms with van der Waals surface area (Å²) in [6.07, 6.45) is 1.70. The number of anilines is 1. The van der Waals surface area contributed by atoms with E-state index >= 15 is 0 Å². The molecule has 3 aromatic rings. The maximum Gasteiger partial charge on any atom is 0.256 e. The highest BCUT2D eigenvalue weighted by molar-refractivity contribution is 14.1. The summed E-state index contributed by atoms with van der Waals surface area (Å²) in [7, 11) is 0. The summed E-state index contributed by atoms with van der Waals surface area (Å²) >= 11 is 2.16. The van der Waals surface area contributed by atoms with Crippen molar-refractivity contribution in [2.24, 2.45) is 0 Å². The van der Waals surface area contributed by atoms with Crippen molar-refractivity contribution in [3.05, 3.63) is 64.0 Å². The van der Waals surface area contributed by atoms with Crippen molar-refractivity contribution < 1.29 is 4.79 Å². The van der Waals surface area contributed by atoms with Crippen LogP contribution < -0.4 is 5.32 Å². The number of nitrogens with zero attached hydrogens (tertiary/aromatic N) is 3. The highest BCUT2D eigenvalue weighted by atomic mass is 127. The minimum absolute atomic E-state index is 0.121. The number of aryl methyl sites for hydroxylation is 1. The fraction of sp³-hybridized carbons (Fsp3) is 0.118. The highest BCUT2D eigenvalue weighted by Gasteiger charge is 2.11. The molecule has 5 nitrogen and oxygen atoms in total. The molecule has 0 aliphatic rings. The lowest BCUT2D eigenvalue weighted by molar-refractivity contribution is 0.102. The van der Waals surface area contributed by atoms with Crippen molar-refractivity contribution >= 4 is 34.2 Å². The lowest BCUT2D eigenvalue weighted by Gasteiger charge is -2.09. The third-order valence-electron chi connectivity index (χ3n) is 3.45. The largest absolute Gasteiger partial charge is 0.322 e. The first-order valence-electron chi connectivity index (χ1n) is 7.23. The van der Waals surface area contributed by atoms with Crippen molar-refractivity contribution in [1.29, 1.82) is 0 Å². The second-order valence-corrected chi connectivity index (χ2v) is 6.12. The molecule has 0 atom stereocenters. The second kappa shape index (κ2) is 6.91. The van der Waals surface area contributed by atoms with Crippen LogP contribution in [-0.2, 0) is 6.54 Å². The Morgan fingerprint density at radius 2 is 2.04 bits per heavy atom. The Labute approximate surface area is 147 Å². The average Bonchev–Trinajstić information content (AvgIpc) is 3.04. The van der Waals surface area contributed by atoms with E-state index in [-0.39, 0.29) is 5.91 Å². The van der Waals surface area contributed by atoms with E-state index in [9.17, 15) is 4.79 Å². The predicted octanol–water partition coefficient (Wildman–Crippen LogP) is 3.82. The van der Waals surface area contributed by atoms with Crippen molar-refractivity contribution in [3.63, 3.8) is 0 Å². The van der Waals surface area contributed by atoms with Crippen LogP contribution in [0.2, 0.25) is 0 Å².